The van der Waals surface area contributed by atoms with E-state index in [1.807, 2.05) is 6.07 Å². The number of hydrogen-bond donors (Lipinski definition) is 1. The highest BCUT2D eigenvalue weighted by Crippen LogP contribution is 2.38. The summed E-state index contributed by atoms with van der Waals surface area (Å²) in [6.07, 6.45) is 4.29. The normalized spacial score (nSPS) is 13.2. The monoisotopic (exact) mass is 398 g/mol. The number of rotatable bonds is 2. The highest BCUT2D eigenvalue weighted by atomic mass is 15.0. The van der Waals surface area contributed by atoms with E-state index in [0.29, 0.717) is 0 Å². The van der Waals surface area contributed by atoms with Crippen LogP contribution in [-0.2, 0) is 0 Å². The van der Waals surface area contributed by atoms with Crippen LogP contribution in [0.25, 0.3) is 55.9 Å². The Kier molecular flexibility index (Phi) is 3.87. The molecule has 2 heterocycles. The molecule has 6 rings (SSSR count). The number of hydrogen-bond acceptors (Lipinski definition) is 0. The standard InChI is InChI=1S/C29H22N2/c1-3-10-25(20-12-5-4-11-19(20)2)31-26-16-9-7-14-23(26)28-27(31)18-17-22-21-13-6-8-15-24(21)30-29(22)28/h3-18,30H,2H2,1H3/b10-3-,25-20+. The Hall–Kier alpha value is -4.04. The molecule has 0 aliphatic heterocycles. The molecule has 4 aromatic carbocycles. The molecule has 0 saturated heterocycles. The molecule has 2 aromatic heterocycles. The van der Waals surface area contributed by atoms with Crippen LogP contribution in [0.2, 0.25) is 0 Å². The van der Waals surface area contributed by atoms with Crippen LogP contribution >= 0.6 is 0 Å². The van der Waals surface area contributed by atoms with Gasteiger partial charge in [0.1, 0.15) is 0 Å². The molecule has 0 amide bonds. The number of nitrogens with zero attached hydrogens (tertiary/aromatic N) is 1. The Morgan fingerprint density at radius 1 is 0.774 bits per heavy atom. The van der Waals surface area contributed by atoms with E-state index in [9.17, 15) is 0 Å². The van der Waals surface area contributed by atoms with Crippen molar-refractivity contribution < 1.29 is 0 Å². The first-order chi connectivity index (χ1) is 15.3. The second-order valence-corrected chi connectivity index (χ2v) is 7.95. The Morgan fingerprint density at radius 2 is 1.52 bits per heavy atom. The zero-order valence-corrected chi connectivity index (χ0v) is 17.4. The summed E-state index contributed by atoms with van der Waals surface area (Å²) >= 11 is 0. The van der Waals surface area contributed by atoms with Gasteiger partial charge < -0.3 is 9.55 Å². The van der Waals surface area contributed by atoms with E-state index < -0.39 is 0 Å². The van der Waals surface area contributed by atoms with Gasteiger partial charge in [0.15, 0.2) is 0 Å². The Balaban J connectivity index is 1.89. The average Bonchev–Trinajstić information content (AvgIpc) is 3.34. The minimum atomic E-state index is 1.02. The van der Waals surface area contributed by atoms with E-state index in [0.717, 1.165) is 16.1 Å². The Labute approximate surface area is 180 Å². The molecule has 0 atom stereocenters. The third-order valence-electron chi connectivity index (χ3n) is 6.17. The number of aromatic amines is 1. The number of para-hydroxylation sites is 2. The Morgan fingerprint density at radius 3 is 2.35 bits per heavy atom. The third-order valence-corrected chi connectivity index (χ3v) is 6.17. The van der Waals surface area contributed by atoms with Crippen molar-refractivity contribution in [3.05, 3.63) is 108 Å². The van der Waals surface area contributed by atoms with Crippen molar-refractivity contribution in [3.8, 4) is 0 Å². The number of allylic oxidation sites excluding steroid dienone is 2. The largest absolute Gasteiger partial charge is 0.354 e. The van der Waals surface area contributed by atoms with Crippen molar-refractivity contribution in [1.82, 2.24) is 9.55 Å². The molecule has 0 bridgehead atoms. The zero-order chi connectivity index (χ0) is 20.9. The SMILES string of the molecule is C=c1cccc/c1=C(/C=C\C)n1c2ccccc2c2c3[nH]c4ccccc4c3ccc21. The fraction of sp³-hybridized carbons (Fsp3) is 0.0345. The summed E-state index contributed by atoms with van der Waals surface area (Å²) < 4.78 is 2.37. The van der Waals surface area contributed by atoms with E-state index in [4.69, 9.17) is 0 Å². The van der Waals surface area contributed by atoms with Gasteiger partial charge in [-0.05, 0) is 36.4 Å². The molecule has 0 radical (unpaired) electrons. The van der Waals surface area contributed by atoms with Crippen molar-refractivity contribution in [2.45, 2.75) is 6.92 Å². The van der Waals surface area contributed by atoms with Gasteiger partial charge in [-0.25, -0.2) is 0 Å². The van der Waals surface area contributed by atoms with E-state index in [1.54, 1.807) is 0 Å². The maximum Gasteiger partial charge on any atom is 0.0566 e. The number of aromatic nitrogens is 2. The summed E-state index contributed by atoms with van der Waals surface area (Å²) in [6.45, 7) is 6.36. The van der Waals surface area contributed by atoms with Gasteiger partial charge in [-0.3, -0.25) is 0 Å². The summed E-state index contributed by atoms with van der Waals surface area (Å²) in [6, 6.07) is 30.0. The highest BCUT2D eigenvalue weighted by Gasteiger charge is 2.17. The van der Waals surface area contributed by atoms with Gasteiger partial charge in [-0.1, -0.05) is 79.4 Å². The van der Waals surface area contributed by atoms with E-state index >= 15 is 0 Å². The summed E-state index contributed by atoms with van der Waals surface area (Å²) in [4.78, 5) is 3.70. The van der Waals surface area contributed by atoms with Crippen LogP contribution in [0.1, 0.15) is 6.92 Å². The van der Waals surface area contributed by atoms with E-state index in [1.165, 1.54) is 43.6 Å². The molecule has 31 heavy (non-hydrogen) atoms. The van der Waals surface area contributed by atoms with Gasteiger partial charge in [-0.2, -0.15) is 0 Å². The number of nitrogens with one attached hydrogen (secondary N) is 1. The number of benzene rings is 4. The predicted octanol–water partition coefficient (Wildman–Crippen LogP) is 6.07. The van der Waals surface area contributed by atoms with Crippen LogP contribution in [0, 0.1) is 0 Å². The number of H-pyrrole nitrogens is 1. The van der Waals surface area contributed by atoms with Crippen molar-refractivity contribution in [3.63, 3.8) is 0 Å². The second kappa shape index (κ2) is 6.75. The maximum absolute atomic E-state index is 4.30. The van der Waals surface area contributed by atoms with Gasteiger partial charge in [0.05, 0.1) is 22.2 Å². The van der Waals surface area contributed by atoms with E-state index in [-0.39, 0.29) is 0 Å². The quantitative estimate of drug-likeness (QED) is 0.365. The summed E-state index contributed by atoms with van der Waals surface area (Å²) in [5.74, 6) is 0. The molecule has 0 saturated carbocycles. The maximum atomic E-state index is 4.30. The molecule has 6 aromatic rings. The van der Waals surface area contributed by atoms with Crippen LogP contribution < -0.4 is 10.4 Å². The van der Waals surface area contributed by atoms with E-state index in [2.05, 4.69) is 114 Å². The van der Waals surface area contributed by atoms with Gasteiger partial charge in [0.2, 0.25) is 0 Å². The van der Waals surface area contributed by atoms with Crippen molar-refractivity contribution in [2.75, 3.05) is 0 Å². The van der Waals surface area contributed by atoms with Gasteiger partial charge in [-0.15, -0.1) is 0 Å². The molecule has 2 heteroatoms. The van der Waals surface area contributed by atoms with Gasteiger partial charge in [0.25, 0.3) is 0 Å². The van der Waals surface area contributed by atoms with Crippen LogP contribution in [-0.4, -0.2) is 9.55 Å². The lowest BCUT2D eigenvalue weighted by Crippen LogP contribution is -2.26. The molecular weight excluding hydrogens is 376 g/mol. The fourth-order valence-corrected chi connectivity index (χ4v) is 4.85. The number of fused-ring (bicyclic) bond motifs is 7. The topological polar surface area (TPSA) is 20.7 Å². The lowest BCUT2D eigenvalue weighted by atomic mass is 10.1. The van der Waals surface area contributed by atoms with Crippen LogP contribution in [0.4, 0.5) is 0 Å². The summed E-state index contributed by atoms with van der Waals surface area (Å²) in [5, 5.41) is 7.19. The first kappa shape index (κ1) is 17.8. The molecule has 2 nitrogen and oxygen atoms in total. The minimum Gasteiger partial charge on any atom is -0.354 e. The molecule has 1 N–H and O–H groups in total. The predicted molar refractivity (Wildman–Crippen MR) is 134 cm³/mol. The molecule has 0 spiro atoms. The third kappa shape index (κ3) is 2.52. The molecule has 0 aliphatic carbocycles. The second-order valence-electron chi connectivity index (χ2n) is 7.95. The first-order valence-electron chi connectivity index (χ1n) is 10.6. The van der Waals surface area contributed by atoms with Crippen LogP contribution in [0.3, 0.4) is 0 Å². The average molecular weight is 399 g/mol. The first-order valence-corrected chi connectivity index (χ1v) is 10.6. The summed E-state index contributed by atoms with van der Waals surface area (Å²) in [5.41, 5.74) is 5.88. The molecule has 148 valence electrons. The summed E-state index contributed by atoms with van der Waals surface area (Å²) in [7, 11) is 0. The molecule has 0 unspecified atom stereocenters. The van der Waals surface area contributed by atoms with Crippen LogP contribution in [0.5, 0.6) is 0 Å². The van der Waals surface area contributed by atoms with Crippen LogP contribution in [0.15, 0.2) is 97.1 Å². The van der Waals surface area contributed by atoms with Gasteiger partial charge >= 0.3 is 0 Å². The zero-order valence-electron chi connectivity index (χ0n) is 17.4. The smallest absolute Gasteiger partial charge is 0.0566 e. The van der Waals surface area contributed by atoms with Crippen molar-refractivity contribution in [2.24, 2.45) is 0 Å². The lowest BCUT2D eigenvalue weighted by Gasteiger charge is -2.10. The molecular formula is C29H22N2. The minimum absolute atomic E-state index is 1.02. The highest BCUT2D eigenvalue weighted by molar-refractivity contribution is 6.25. The van der Waals surface area contributed by atoms with Crippen molar-refractivity contribution in [1.29, 1.82) is 0 Å². The van der Waals surface area contributed by atoms with Gasteiger partial charge in [0, 0.05) is 32.3 Å². The Bertz CT molecular complexity index is 1760. The van der Waals surface area contributed by atoms with Crippen molar-refractivity contribution >= 4 is 55.9 Å². The fourth-order valence-electron chi connectivity index (χ4n) is 4.85. The molecule has 0 fully saturated rings. The molecule has 0 aliphatic rings. The lowest BCUT2D eigenvalue weighted by molar-refractivity contribution is 1.21.